The second-order valence-corrected chi connectivity index (χ2v) is 4.68. The van der Waals surface area contributed by atoms with Gasteiger partial charge in [-0.3, -0.25) is 0 Å². The molecule has 1 heterocycles. The van der Waals surface area contributed by atoms with Gasteiger partial charge in [0.25, 0.3) is 0 Å². The average molecular weight is 213 g/mol. The Kier molecular flexibility index (Phi) is 2.56. The van der Waals surface area contributed by atoms with Crippen LogP contribution in [0.5, 0.6) is 0 Å². The fourth-order valence-electron chi connectivity index (χ4n) is 2.62. The molecule has 0 radical (unpaired) electrons. The van der Waals surface area contributed by atoms with Gasteiger partial charge in [0.05, 0.1) is 0 Å². The van der Waals surface area contributed by atoms with Gasteiger partial charge in [0.15, 0.2) is 6.20 Å². The van der Waals surface area contributed by atoms with Crippen molar-refractivity contribution in [2.75, 3.05) is 0 Å². The summed E-state index contributed by atoms with van der Waals surface area (Å²) < 4.78 is 0. The van der Waals surface area contributed by atoms with Gasteiger partial charge in [-0.25, -0.2) is 9.97 Å². The fraction of sp³-hybridized carbons (Fsp3) is 0.429. The molecule has 0 unspecified atom stereocenters. The minimum atomic E-state index is 0.676. The number of aromatic amines is 1. The first-order valence-electron chi connectivity index (χ1n) is 6.21. The molecular formula is C14H17N2+. The van der Waals surface area contributed by atoms with E-state index in [9.17, 15) is 0 Å². The zero-order valence-electron chi connectivity index (χ0n) is 9.45. The number of nitrogens with zero attached hydrogens (tertiary/aromatic N) is 1. The molecule has 1 aliphatic rings. The van der Waals surface area contributed by atoms with Gasteiger partial charge in [-0.15, -0.1) is 0 Å². The lowest BCUT2D eigenvalue weighted by atomic mass is 9.87. The van der Waals surface area contributed by atoms with E-state index in [2.05, 4.69) is 23.3 Å². The summed E-state index contributed by atoms with van der Waals surface area (Å²) in [7, 11) is 0. The molecule has 0 atom stereocenters. The molecule has 1 aliphatic carbocycles. The number of rotatable bonds is 1. The molecule has 1 saturated carbocycles. The Balaban J connectivity index is 1.97. The van der Waals surface area contributed by atoms with Crippen molar-refractivity contribution in [1.82, 2.24) is 4.98 Å². The van der Waals surface area contributed by atoms with E-state index in [-0.39, 0.29) is 0 Å². The third kappa shape index (κ3) is 1.80. The highest BCUT2D eigenvalue weighted by molar-refractivity contribution is 5.70. The van der Waals surface area contributed by atoms with E-state index in [1.54, 1.807) is 0 Å². The summed E-state index contributed by atoms with van der Waals surface area (Å²) in [6.45, 7) is 0. The molecule has 3 rings (SSSR count). The SMILES string of the molecule is c1ccc2[nH+]cc(C3CCCCC3)nc2c1. The third-order valence-corrected chi connectivity index (χ3v) is 3.55. The van der Waals surface area contributed by atoms with Crippen molar-refractivity contribution in [2.45, 2.75) is 38.0 Å². The van der Waals surface area contributed by atoms with Gasteiger partial charge in [-0.05, 0) is 18.9 Å². The number of fused-ring (bicyclic) bond motifs is 1. The quantitative estimate of drug-likeness (QED) is 0.715. The fourth-order valence-corrected chi connectivity index (χ4v) is 2.62. The number of nitrogens with one attached hydrogen (secondary N) is 1. The van der Waals surface area contributed by atoms with E-state index in [1.807, 2.05) is 12.1 Å². The van der Waals surface area contributed by atoms with Gasteiger partial charge in [0, 0.05) is 12.0 Å². The van der Waals surface area contributed by atoms with Crippen molar-refractivity contribution < 1.29 is 4.98 Å². The highest BCUT2D eigenvalue weighted by Crippen LogP contribution is 2.31. The van der Waals surface area contributed by atoms with E-state index >= 15 is 0 Å². The number of para-hydroxylation sites is 2. The van der Waals surface area contributed by atoms with Crippen LogP contribution >= 0.6 is 0 Å². The molecule has 2 aromatic rings. The molecule has 0 amide bonds. The molecule has 16 heavy (non-hydrogen) atoms. The number of aromatic nitrogens is 2. The van der Waals surface area contributed by atoms with Gasteiger partial charge in [-0.1, -0.05) is 31.4 Å². The van der Waals surface area contributed by atoms with Crippen molar-refractivity contribution in [3.05, 3.63) is 36.2 Å². The first-order chi connectivity index (χ1) is 7.93. The Bertz CT molecular complexity index is 487. The highest BCUT2D eigenvalue weighted by Gasteiger charge is 2.19. The van der Waals surface area contributed by atoms with Crippen LogP contribution in [0.3, 0.4) is 0 Å². The third-order valence-electron chi connectivity index (χ3n) is 3.55. The molecule has 1 fully saturated rings. The van der Waals surface area contributed by atoms with E-state index < -0.39 is 0 Å². The van der Waals surface area contributed by atoms with Crippen LogP contribution in [-0.2, 0) is 0 Å². The number of benzene rings is 1. The molecule has 1 N–H and O–H groups in total. The molecule has 1 aromatic heterocycles. The second kappa shape index (κ2) is 4.20. The first kappa shape index (κ1) is 9.76. The van der Waals surface area contributed by atoms with Crippen LogP contribution < -0.4 is 4.98 Å². The van der Waals surface area contributed by atoms with Crippen molar-refractivity contribution in [2.24, 2.45) is 0 Å². The minimum absolute atomic E-state index is 0.676. The molecule has 0 aliphatic heterocycles. The Morgan fingerprint density at radius 3 is 2.75 bits per heavy atom. The number of H-pyrrole nitrogens is 1. The Hall–Kier alpha value is -1.44. The average Bonchev–Trinajstić information content (AvgIpc) is 2.39. The summed E-state index contributed by atoms with van der Waals surface area (Å²) in [5.41, 5.74) is 3.46. The Labute approximate surface area is 95.7 Å². The van der Waals surface area contributed by atoms with Crippen molar-refractivity contribution >= 4 is 11.0 Å². The topological polar surface area (TPSA) is 27.0 Å². The van der Waals surface area contributed by atoms with Crippen molar-refractivity contribution in [3.8, 4) is 0 Å². The Morgan fingerprint density at radius 1 is 1.06 bits per heavy atom. The summed E-state index contributed by atoms with van der Waals surface area (Å²) >= 11 is 0. The summed E-state index contributed by atoms with van der Waals surface area (Å²) in [5.74, 6) is 0.676. The van der Waals surface area contributed by atoms with Gasteiger partial charge < -0.3 is 0 Å². The van der Waals surface area contributed by atoms with Crippen molar-refractivity contribution in [3.63, 3.8) is 0 Å². The molecule has 0 spiro atoms. The molecule has 1 aromatic carbocycles. The summed E-state index contributed by atoms with van der Waals surface area (Å²) in [6, 6.07) is 8.25. The van der Waals surface area contributed by atoms with E-state index in [0.29, 0.717) is 5.92 Å². The maximum absolute atomic E-state index is 4.77. The summed E-state index contributed by atoms with van der Waals surface area (Å²) in [6.07, 6.45) is 8.82. The van der Waals surface area contributed by atoms with Gasteiger partial charge >= 0.3 is 0 Å². The molecule has 82 valence electrons. The first-order valence-corrected chi connectivity index (χ1v) is 6.21. The zero-order chi connectivity index (χ0) is 10.8. The van der Waals surface area contributed by atoms with E-state index in [1.165, 1.54) is 37.8 Å². The highest BCUT2D eigenvalue weighted by atomic mass is 14.8. The second-order valence-electron chi connectivity index (χ2n) is 4.68. The van der Waals surface area contributed by atoms with Crippen LogP contribution in [0.4, 0.5) is 0 Å². The largest absolute Gasteiger partial charge is 0.240 e. The van der Waals surface area contributed by atoms with Gasteiger partial charge in [0.2, 0.25) is 5.52 Å². The summed E-state index contributed by atoms with van der Waals surface area (Å²) in [5, 5.41) is 0. The van der Waals surface area contributed by atoms with E-state index in [4.69, 9.17) is 4.98 Å². The van der Waals surface area contributed by atoms with Gasteiger partial charge in [-0.2, -0.15) is 0 Å². The number of hydrogen-bond donors (Lipinski definition) is 0. The van der Waals surface area contributed by atoms with Crippen LogP contribution in [0.25, 0.3) is 11.0 Å². The lowest BCUT2D eigenvalue weighted by Gasteiger charge is -2.19. The monoisotopic (exact) mass is 213 g/mol. The van der Waals surface area contributed by atoms with Crippen LogP contribution in [0.2, 0.25) is 0 Å². The lowest BCUT2D eigenvalue weighted by Crippen LogP contribution is -2.13. The number of hydrogen-bond acceptors (Lipinski definition) is 1. The van der Waals surface area contributed by atoms with Crippen LogP contribution in [0.1, 0.15) is 43.7 Å². The normalized spacial score (nSPS) is 17.8. The molecule has 2 nitrogen and oxygen atoms in total. The lowest BCUT2D eigenvalue weighted by molar-refractivity contribution is -0.346. The van der Waals surface area contributed by atoms with Crippen LogP contribution in [0, 0.1) is 0 Å². The minimum Gasteiger partial charge on any atom is -0.240 e. The molecule has 0 saturated heterocycles. The maximum atomic E-state index is 4.77. The van der Waals surface area contributed by atoms with E-state index in [0.717, 1.165) is 11.0 Å². The predicted octanol–water partition coefficient (Wildman–Crippen LogP) is 3.10. The predicted molar refractivity (Wildman–Crippen MR) is 64.1 cm³/mol. The molecule has 0 bridgehead atoms. The Morgan fingerprint density at radius 2 is 1.88 bits per heavy atom. The smallest absolute Gasteiger partial charge is 0.229 e. The maximum Gasteiger partial charge on any atom is 0.229 e. The molecular weight excluding hydrogens is 196 g/mol. The summed E-state index contributed by atoms with van der Waals surface area (Å²) in [4.78, 5) is 8.12. The van der Waals surface area contributed by atoms with Crippen LogP contribution in [0.15, 0.2) is 30.5 Å². The zero-order valence-corrected chi connectivity index (χ0v) is 9.45. The van der Waals surface area contributed by atoms with Gasteiger partial charge in [0.1, 0.15) is 11.2 Å². The molecule has 2 heteroatoms. The standard InChI is InChI=1S/C14H16N2/c1-2-6-11(7-3-1)14-10-15-12-8-4-5-9-13(12)16-14/h4-5,8-11H,1-3,6-7H2/p+1. The van der Waals surface area contributed by atoms with Crippen molar-refractivity contribution in [1.29, 1.82) is 0 Å². The van der Waals surface area contributed by atoms with Crippen LogP contribution in [-0.4, -0.2) is 4.98 Å².